The number of anilines is 2. The minimum atomic E-state index is -0.304. The van der Waals surface area contributed by atoms with Gasteiger partial charge in [0.25, 0.3) is 11.8 Å². The highest BCUT2D eigenvalue weighted by Gasteiger charge is 2.15. The normalized spacial score (nSPS) is 10.6. The third-order valence-electron chi connectivity index (χ3n) is 5.17. The highest BCUT2D eigenvalue weighted by atomic mass is 16.5. The maximum atomic E-state index is 12.8. The Hall–Kier alpha value is -4.26. The Morgan fingerprint density at radius 2 is 1.66 bits per heavy atom. The van der Waals surface area contributed by atoms with Crippen LogP contribution in [0.3, 0.4) is 0 Å². The summed E-state index contributed by atoms with van der Waals surface area (Å²) in [6, 6.07) is 19.7. The van der Waals surface area contributed by atoms with E-state index in [1.807, 2.05) is 43.3 Å². The molecule has 4 aromatic rings. The monoisotopic (exact) mass is 429 g/mol. The van der Waals surface area contributed by atoms with Crippen molar-refractivity contribution in [2.24, 2.45) is 0 Å². The molecule has 0 saturated heterocycles. The number of benzene rings is 3. The first-order chi connectivity index (χ1) is 15.5. The fraction of sp³-hybridized carbons (Fsp3) is 0.120. The van der Waals surface area contributed by atoms with Crippen LogP contribution in [0.2, 0.25) is 0 Å². The molecule has 0 spiro atoms. The van der Waals surface area contributed by atoms with Crippen LogP contribution in [0, 0.1) is 6.92 Å². The summed E-state index contributed by atoms with van der Waals surface area (Å²) in [6.07, 6.45) is 0. The largest absolute Gasteiger partial charge is 0.497 e. The highest BCUT2D eigenvalue weighted by molar-refractivity contribution is 6.08. The van der Waals surface area contributed by atoms with E-state index in [9.17, 15) is 9.59 Å². The average molecular weight is 429 g/mol. The van der Waals surface area contributed by atoms with Gasteiger partial charge in [-0.2, -0.15) is 0 Å². The van der Waals surface area contributed by atoms with Crippen molar-refractivity contribution < 1.29 is 19.1 Å². The molecule has 3 aromatic carbocycles. The number of carbonyl (C=O) groups is 2. The quantitative estimate of drug-likeness (QED) is 0.402. The SMILES string of the molecule is COc1ccc2cc(C(=O)Nc3ccc(OC)c(NC(=O)c4ccccc4C)c3)[nH]c2c1. The molecule has 0 aliphatic carbocycles. The Labute approximate surface area is 185 Å². The smallest absolute Gasteiger partial charge is 0.272 e. The molecule has 0 unspecified atom stereocenters. The lowest BCUT2D eigenvalue weighted by molar-refractivity contribution is 0.101. The summed E-state index contributed by atoms with van der Waals surface area (Å²) in [5, 5.41) is 6.62. The molecule has 1 heterocycles. The molecule has 3 N–H and O–H groups in total. The number of hydrogen-bond donors (Lipinski definition) is 3. The van der Waals surface area contributed by atoms with Crippen LogP contribution in [0.5, 0.6) is 11.5 Å². The molecule has 0 saturated carbocycles. The van der Waals surface area contributed by atoms with E-state index in [2.05, 4.69) is 15.6 Å². The fourth-order valence-corrected chi connectivity index (χ4v) is 3.45. The Morgan fingerprint density at radius 1 is 0.844 bits per heavy atom. The van der Waals surface area contributed by atoms with Crippen LogP contribution in [0.15, 0.2) is 66.7 Å². The maximum Gasteiger partial charge on any atom is 0.272 e. The van der Waals surface area contributed by atoms with Crippen molar-refractivity contribution in [3.63, 3.8) is 0 Å². The molecule has 0 bridgehead atoms. The van der Waals surface area contributed by atoms with Crippen LogP contribution < -0.4 is 20.1 Å². The van der Waals surface area contributed by atoms with E-state index in [0.717, 1.165) is 16.5 Å². The number of H-pyrrole nitrogens is 1. The summed E-state index contributed by atoms with van der Waals surface area (Å²) in [4.78, 5) is 28.6. The van der Waals surface area contributed by atoms with Crippen molar-refractivity contribution in [1.82, 2.24) is 4.98 Å². The topological polar surface area (TPSA) is 92.4 Å². The average Bonchev–Trinajstić information content (AvgIpc) is 3.23. The molecular formula is C25H23N3O4. The van der Waals surface area contributed by atoms with Gasteiger partial charge in [0.2, 0.25) is 0 Å². The van der Waals surface area contributed by atoms with Gasteiger partial charge < -0.3 is 25.1 Å². The van der Waals surface area contributed by atoms with Crippen molar-refractivity contribution in [3.8, 4) is 11.5 Å². The summed E-state index contributed by atoms with van der Waals surface area (Å²) in [5.41, 5.74) is 3.62. The van der Waals surface area contributed by atoms with Gasteiger partial charge in [-0.05, 0) is 55.0 Å². The lowest BCUT2D eigenvalue weighted by atomic mass is 10.1. The zero-order chi connectivity index (χ0) is 22.7. The molecule has 2 amide bonds. The lowest BCUT2D eigenvalue weighted by Crippen LogP contribution is -2.15. The predicted octanol–water partition coefficient (Wildman–Crippen LogP) is 5.00. The van der Waals surface area contributed by atoms with E-state index in [4.69, 9.17) is 9.47 Å². The second kappa shape index (κ2) is 8.85. The molecule has 1 aromatic heterocycles. The predicted molar refractivity (Wildman–Crippen MR) is 125 cm³/mol. The summed E-state index contributed by atoms with van der Waals surface area (Å²) >= 11 is 0. The number of aryl methyl sites for hydroxylation is 1. The van der Waals surface area contributed by atoms with E-state index in [1.54, 1.807) is 37.4 Å². The number of amides is 2. The van der Waals surface area contributed by atoms with Gasteiger partial charge in [-0.1, -0.05) is 18.2 Å². The van der Waals surface area contributed by atoms with E-state index >= 15 is 0 Å². The van der Waals surface area contributed by atoms with E-state index in [0.29, 0.717) is 34.1 Å². The lowest BCUT2D eigenvalue weighted by Gasteiger charge is -2.13. The van der Waals surface area contributed by atoms with Gasteiger partial charge in [0.05, 0.1) is 19.9 Å². The first-order valence-corrected chi connectivity index (χ1v) is 10.0. The number of nitrogens with one attached hydrogen (secondary N) is 3. The molecule has 0 aliphatic rings. The van der Waals surface area contributed by atoms with Gasteiger partial charge in [0.1, 0.15) is 17.2 Å². The molecule has 0 radical (unpaired) electrons. The number of ether oxygens (including phenoxy) is 2. The van der Waals surface area contributed by atoms with Crippen molar-refractivity contribution in [1.29, 1.82) is 0 Å². The van der Waals surface area contributed by atoms with Crippen molar-refractivity contribution in [3.05, 3.63) is 83.6 Å². The third-order valence-corrected chi connectivity index (χ3v) is 5.17. The number of carbonyl (C=O) groups excluding carboxylic acids is 2. The first-order valence-electron chi connectivity index (χ1n) is 10.0. The van der Waals surface area contributed by atoms with Gasteiger partial charge in [-0.3, -0.25) is 9.59 Å². The van der Waals surface area contributed by atoms with Crippen LogP contribution in [0.25, 0.3) is 10.9 Å². The van der Waals surface area contributed by atoms with Crippen LogP contribution in [-0.2, 0) is 0 Å². The van der Waals surface area contributed by atoms with E-state index < -0.39 is 0 Å². The summed E-state index contributed by atoms with van der Waals surface area (Å²) in [7, 11) is 3.12. The molecule has 7 heteroatoms. The van der Waals surface area contributed by atoms with Crippen LogP contribution in [0.1, 0.15) is 26.4 Å². The van der Waals surface area contributed by atoms with Crippen LogP contribution >= 0.6 is 0 Å². The number of methoxy groups -OCH3 is 2. The Balaban J connectivity index is 1.56. The molecule has 0 aliphatic heterocycles. The summed E-state index contributed by atoms with van der Waals surface area (Å²) in [5.74, 6) is 0.633. The molecule has 0 fully saturated rings. The fourth-order valence-electron chi connectivity index (χ4n) is 3.45. The van der Waals surface area contributed by atoms with Crippen molar-refractivity contribution in [2.45, 2.75) is 6.92 Å². The number of aromatic nitrogens is 1. The molecular weight excluding hydrogens is 406 g/mol. The molecule has 0 atom stereocenters. The Bertz CT molecular complexity index is 1310. The van der Waals surface area contributed by atoms with Crippen molar-refractivity contribution in [2.75, 3.05) is 24.9 Å². The van der Waals surface area contributed by atoms with Gasteiger partial charge in [0.15, 0.2) is 0 Å². The van der Waals surface area contributed by atoms with E-state index in [-0.39, 0.29) is 11.8 Å². The molecule has 7 nitrogen and oxygen atoms in total. The molecule has 32 heavy (non-hydrogen) atoms. The maximum absolute atomic E-state index is 12.8. The standard InChI is InChI=1S/C25H23N3O4/c1-15-6-4-5-7-19(15)24(29)28-21-13-17(9-11-23(21)32-3)26-25(30)22-12-16-8-10-18(31-2)14-20(16)27-22/h4-14,27H,1-3H3,(H,26,30)(H,28,29). The first kappa shape index (κ1) is 21.0. The summed E-state index contributed by atoms with van der Waals surface area (Å²) < 4.78 is 10.6. The van der Waals surface area contributed by atoms with Gasteiger partial charge in [-0.25, -0.2) is 0 Å². The minimum absolute atomic E-state index is 0.255. The van der Waals surface area contributed by atoms with Gasteiger partial charge in [-0.15, -0.1) is 0 Å². The van der Waals surface area contributed by atoms with Crippen LogP contribution in [-0.4, -0.2) is 31.0 Å². The van der Waals surface area contributed by atoms with E-state index in [1.165, 1.54) is 7.11 Å². The zero-order valence-electron chi connectivity index (χ0n) is 18.0. The van der Waals surface area contributed by atoms with Gasteiger partial charge >= 0.3 is 0 Å². The highest BCUT2D eigenvalue weighted by Crippen LogP contribution is 2.29. The Kier molecular flexibility index (Phi) is 5.81. The van der Waals surface area contributed by atoms with Crippen LogP contribution in [0.4, 0.5) is 11.4 Å². The second-order valence-electron chi connectivity index (χ2n) is 7.27. The van der Waals surface area contributed by atoms with Crippen molar-refractivity contribution >= 4 is 34.1 Å². The minimum Gasteiger partial charge on any atom is -0.497 e. The second-order valence-corrected chi connectivity index (χ2v) is 7.27. The number of rotatable bonds is 6. The number of hydrogen-bond acceptors (Lipinski definition) is 4. The summed E-state index contributed by atoms with van der Waals surface area (Å²) in [6.45, 7) is 1.87. The third kappa shape index (κ3) is 4.27. The Morgan fingerprint density at radius 3 is 2.41 bits per heavy atom. The van der Waals surface area contributed by atoms with Gasteiger partial charge in [0, 0.05) is 28.2 Å². The number of aromatic amines is 1. The molecule has 162 valence electrons. The molecule has 4 rings (SSSR count). The zero-order valence-corrected chi connectivity index (χ0v) is 18.0. The number of fused-ring (bicyclic) bond motifs is 1.